The van der Waals surface area contributed by atoms with Crippen LogP contribution in [0, 0.1) is 34.5 Å². The first-order valence-corrected chi connectivity index (χ1v) is 18.2. The van der Waals surface area contributed by atoms with Gasteiger partial charge in [0.1, 0.15) is 24.4 Å². The van der Waals surface area contributed by atoms with E-state index in [-0.39, 0.29) is 44.3 Å². The molecule has 1 aromatic rings. The van der Waals surface area contributed by atoms with E-state index in [1.807, 2.05) is 13.8 Å². The molecule has 288 valence electrons. The van der Waals surface area contributed by atoms with Crippen molar-refractivity contribution in [1.82, 2.24) is 0 Å². The predicted octanol–water partition coefficient (Wildman–Crippen LogP) is 7.62. The summed E-state index contributed by atoms with van der Waals surface area (Å²) in [5, 5.41) is 24.0. The quantitative estimate of drug-likeness (QED) is 0.106. The number of fused-ring (bicyclic) bond motifs is 4. The average molecular weight is 739 g/mol. The lowest BCUT2D eigenvalue weighted by Crippen LogP contribution is -2.65. The van der Waals surface area contributed by atoms with E-state index in [4.69, 9.17) is 18.9 Å². The maximum Gasteiger partial charge on any atom is 0.456 e. The molecule has 1 spiro atoms. The van der Waals surface area contributed by atoms with Crippen LogP contribution in [0.2, 0.25) is 0 Å². The lowest BCUT2D eigenvalue weighted by atomic mass is 9.49. The van der Waals surface area contributed by atoms with Gasteiger partial charge in [-0.1, -0.05) is 50.3 Å². The van der Waals surface area contributed by atoms with Gasteiger partial charge < -0.3 is 29.2 Å². The van der Waals surface area contributed by atoms with Gasteiger partial charge in [-0.25, -0.2) is 4.79 Å². The second-order valence-electron chi connectivity index (χ2n) is 17.7. The van der Waals surface area contributed by atoms with E-state index in [1.54, 1.807) is 45.0 Å². The minimum Gasteiger partial charge on any atom is -0.458 e. The highest BCUT2D eigenvalue weighted by atomic mass is 19.4. The molecule has 1 saturated heterocycles. The molecule has 5 aliphatic rings. The Morgan fingerprint density at radius 2 is 1.62 bits per heavy atom. The number of ether oxygens (including phenoxy) is 4. The van der Waals surface area contributed by atoms with Crippen molar-refractivity contribution in [2.75, 3.05) is 26.4 Å². The van der Waals surface area contributed by atoms with Crippen molar-refractivity contribution in [1.29, 1.82) is 0 Å². The predicted molar refractivity (Wildman–Crippen MR) is 181 cm³/mol. The number of halogens is 5. The van der Waals surface area contributed by atoms with Crippen molar-refractivity contribution >= 4 is 5.97 Å². The topological polar surface area (TPSA) is 94.5 Å². The Kier molecular flexibility index (Phi) is 9.81. The molecule has 4 aliphatic carbocycles. The fraction of sp³-hybridized carbons (Fsp3) is 0.725. The number of carbonyl (C=O) groups excluding carboxylic acids is 1. The first kappa shape index (κ1) is 39.1. The maximum atomic E-state index is 15.4. The summed E-state index contributed by atoms with van der Waals surface area (Å²) in [6.45, 7) is 11.4. The first-order chi connectivity index (χ1) is 24.0. The molecule has 7 nitrogen and oxygen atoms in total. The number of alkyl halides is 5. The summed E-state index contributed by atoms with van der Waals surface area (Å²) >= 11 is 0. The third-order valence-corrected chi connectivity index (χ3v) is 12.3. The summed E-state index contributed by atoms with van der Waals surface area (Å²) in [6, 6.07) is 7.06. The van der Waals surface area contributed by atoms with Crippen LogP contribution >= 0.6 is 0 Å². The van der Waals surface area contributed by atoms with Gasteiger partial charge in [0.05, 0.1) is 18.8 Å². The van der Waals surface area contributed by atoms with E-state index in [0.29, 0.717) is 43.6 Å². The molecule has 2 N–H and O–H groups in total. The van der Waals surface area contributed by atoms with Gasteiger partial charge >= 0.3 is 18.1 Å². The van der Waals surface area contributed by atoms with E-state index in [0.717, 1.165) is 11.1 Å². The summed E-state index contributed by atoms with van der Waals surface area (Å²) in [4.78, 5) is 11.9. The highest BCUT2D eigenvalue weighted by Gasteiger charge is 2.79. The minimum absolute atomic E-state index is 0.0149. The molecule has 0 amide bonds. The number of aliphatic hydroxyl groups is 2. The van der Waals surface area contributed by atoms with Crippen LogP contribution in [0.15, 0.2) is 35.4 Å². The van der Waals surface area contributed by atoms with Crippen molar-refractivity contribution in [2.24, 2.45) is 22.7 Å². The maximum absolute atomic E-state index is 15.4. The van der Waals surface area contributed by atoms with Crippen molar-refractivity contribution in [3.05, 3.63) is 46.5 Å². The van der Waals surface area contributed by atoms with Gasteiger partial charge in [0.25, 0.3) is 0 Å². The van der Waals surface area contributed by atoms with Crippen LogP contribution in [0.3, 0.4) is 0 Å². The summed E-state index contributed by atoms with van der Waals surface area (Å²) in [6.07, 6.45) is -4.98. The largest absolute Gasteiger partial charge is 0.458 e. The summed E-state index contributed by atoms with van der Waals surface area (Å²) in [5.74, 6) is -2.66. The van der Waals surface area contributed by atoms with Crippen molar-refractivity contribution < 1.29 is 55.9 Å². The zero-order valence-corrected chi connectivity index (χ0v) is 30.9. The molecule has 1 aromatic carbocycles. The molecule has 6 atom stereocenters. The van der Waals surface area contributed by atoms with Gasteiger partial charge in [-0.3, -0.25) is 0 Å². The van der Waals surface area contributed by atoms with Gasteiger partial charge in [0.15, 0.2) is 5.79 Å². The van der Waals surface area contributed by atoms with Gasteiger partial charge in [0, 0.05) is 35.2 Å². The number of hydrogen-bond donors (Lipinski definition) is 2. The number of carbonyl (C=O) groups is 1. The highest BCUT2D eigenvalue weighted by molar-refractivity contribution is 5.71. The van der Waals surface area contributed by atoms with Gasteiger partial charge in [-0.15, -0.1) is 0 Å². The van der Waals surface area contributed by atoms with Crippen LogP contribution in [0.1, 0.15) is 110 Å². The summed E-state index contributed by atoms with van der Waals surface area (Å²) in [7, 11) is 0. The fourth-order valence-corrected chi connectivity index (χ4v) is 9.80. The van der Waals surface area contributed by atoms with Crippen molar-refractivity contribution in [3.8, 4) is 11.8 Å². The van der Waals surface area contributed by atoms with E-state index < -0.39 is 70.2 Å². The zero-order valence-electron chi connectivity index (χ0n) is 30.9. The number of benzene rings is 1. The second-order valence-corrected chi connectivity index (χ2v) is 17.7. The molecule has 1 aliphatic heterocycles. The zero-order chi connectivity index (χ0) is 38.2. The Balaban J connectivity index is 1.32. The standard InChI is InChI=1S/C40H51F5O7/c1-33(2,3)52-31(46)21-49-19-7-8-25-9-11-26(12-10-25)28-20-35(6)29(15-18-38(35,48)39(41,42)40(43,44)45)27-13-16-36(47)22-37(17-14-30(36)32(27)28)50-23-34(4,5)24-51-37/h9-12,27-29,47-48H,13-24H2,1-6H3/t27?,28-,29?,35+,36?,38+/m1/s1. The second kappa shape index (κ2) is 13.0. The van der Waals surface area contributed by atoms with Crippen LogP contribution in [0.5, 0.6) is 0 Å². The Hall–Kier alpha value is -2.56. The van der Waals surface area contributed by atoms with Gasteiger partial charge in [-0.05, 0) is 94.4 Å². The Labute approximate surface area is 302 Å². The smallest absolute Gasteiger partial charge is 0.456 e. The van der Waals surface area contributed by atoms with Gasteiger partial charge in [0.2, 0.25) is 0 Å². The van der Waals surface area contributed by atoms with Crippen LogP contribution in [-0.2, 0) is 23.7 Å². The minimum atomic E-state index is -5.93. The molecule has 0 radical (unpaired) electrons. The molecular formula is C40H51F5O7. The molecule has 4 fully saturated rings. The third-order valence-electron chi connectivity index (χ3n) is 12.3. The van der Waals surface area contributed by atoms with E-state index >= 15 is 8.78 Å². The lowest BCUT2D eigenvalue weighted by Gasteiger charge is -2.59. The van der Waals surface area contributed by atoms with Crippen molar-refractivity contribution in [2.45, 2.75) is 134 Å². The normalized spacial score (nSPS) is 34.1. The van der Waals surface area contributed by atoms with E-state index in [1.165, 1.54) is 6.92 Å². The molecule has 6 rings (SSSR count). The first-order valence-electron chi connectivity index (χ1n) is 18.2. The molecular weight excluding hydrogens is 687 g/mol. The van der Waals surface area contributed by atoms with E-state index in [2.05, 4.69) is 11.8 Å². The number of rotatable bonds is 5. The number of allylic oxidation sites excluding steroid dienone is 1. The summed E-state index contributed by atoms with van der Waals surface area (Å²) in [5.41, 5.74) is -4.22. The molecule has 1 heterocycles. The third kappa shape index (κ3) is 6.82. The number of hydrogen-bond acceptors (Lipinski definition) is 7. The average Bonchev–Trinajstić information content (AvgIpc) is 3.32. The van der Waals surface area contributed by atoms with Crippen molar-refractivity contribution in [3.63, 3.8) is 0 Å². The SMILES string of the molecule is CC1(C)COC2(CCC3=C4C(CCC3(O)C2)C2CC[C@@](O)(C(F)(F)C(F)(F)F)[C@@]2(C)C[C@@H]4c2ccc(C#CCOCC(=O)OC(C)(C)C)cc2)OC1. The van der Waals surface area contributed by atoms with Crippen LogP contribution in [-0.4, -0.2) is 77.3 Å². The summed E-state index contributed by atoms with van der Waals surface area (Å²) < 4.78 is 95.9. The lowest BCUT2D eigenvalue weighted by molar-refractivity contribution is -0.362. The molecule has 12 heteroatoms. The highest BCUT2D eigenvalue weighted by Crippen LogP contribution is 2.71. The van der Waals surface area contributed by atoms with Gasteiger partial charge in [-0.2, -0.15) is 22.0 Å². The Morgan fingerprint density at radius 3 is 2.23 bits per heavy atom. The molecule has 3 saturated carbocycles. The van der Waals surface area contributed by atoms with Crippen LogP contribution in [0.4, 0.5) is 22.0 Å². The van der Waals surface area contributed by atoms with Crippen LogP contribution < -0.4 is 0 Å². The Bertz CT molecular complexity index is 1620. The molecule has 52 heavy (non-hydrogen) atoms. The fourth-order valence-electron chi connectivity index (χ4n) is 9.80. The molecule has 3 unspecified atom stereocenters. The monoisotopic (exact) mass is 738 g/mol. The number of esters is 1. The van der Waals surface area contributed by atoms with Crippen LogP contribution in [0.25, 0.3) is 0 Å². The van der Waals surface area contributed by atoms with E-state index in [9.17, 15) is 28.2 Å². The molecule has 0 bridgehead atoms. The Morgan fingerprint density at radius 1 is 0.962 bits per heavy atom. The molecule has 0 aromatic heterocycles.